The van der Waals surface area contributed by atoms with E-state index in [1.807, 2.05) is 0 Å². The van der Waals surface area contributed by atoms with Gasteiger partial charge in [0.15, 0.2) is 0 Å². The molecule has 5 heteroatoms. The molecule has 0 aliphatic rings. The van der Waals surface area contributed by atoms with E-state index in [1.165, 1.54) is 103 Å². The van der Waals surface area contributed by atoms with Gasteiger partial charge in [-0.1, -0.05) is 156 Å². The number of rotatable bonds is 38. The zero-order chi connectivity index (χ0) is 35.3. The van der Waals surface area contributed by atoms with Crippen molar-refractivity contribution in [3.63, 3.8) is 0 Å². The van der Waals surface area contributed by atoms with Crippen molar-refractivity contribution in [3.05, 3.63) is 0 Å². The van der Waals surface area contributed by atoms with Gasteiger partial charge in [0.25, 0.3) is 0 Å². The van der Waals surface area contributed by atoms with Gasteiger partial charge in [0.05, 0.1) is 6.10 Å². The van der Waals surface area contributed by atoms with Gasteiger partial charge in [-0.15, -0.1) is 0 Å². The molecular weight excluding hydrogens is 596 g/mol. The lowest BCUT2D eigenvalue weighted by atomic mass is 10.0. The molecule has 0 aliphatic heterocycles. The number of ether oxygens (including phenoxy) is 2. The Hall–Kier alpha value is -1.10. The van der Waals surface area contributed by atoms with E-state index < -0.39 is 0 Å². The highest BCUT2D eigenvalue weighted by atomic mass is 16.5. The second-order valence-corrected chi connectivity index (χ2v) is 14.9. The van der Waals surface area contributed by atoms with E-state index in [0.29, 0.717) is 12.8 Å². The van der Waals surface area contributed by atoms with Crippen molar-refractivity contribution >= 4 is 11.9 Å². The molecule has 0 aliphatic carbocycles. The summed E-state index contributed by atoms with van der Waals surface area (Å²) in [6, 6.07) is 0. The molecule has 0 atom stereocenters. The highest BCUT2D eigenvalue weighted by Gasteiger charge is 2.15. The van der Waals surface area contributed by atoms with E-state index in [1.54, 1.807) is 0 Å². The summed E-state index contributed by atoms with van der Waals surface area (Å²) in [4.78, 5) is 25.0. The Bertz CT molecular complexity index is 600. The van der Waals surface area contributed by atoms with E-state index in [0.717, 1.165) is 103 Å². The third-order valence-electron chi connectivity index (χ3n) is 9.95. The number of carbonyl (C=O) groups is 2. The minimum Gasteiger partial charge on any atom is -0.462 e. The van der Waals surface area contributed by atoms with Crippen molar-refractivity contribution in [1.82, 2.24) is 0 Å². The first-order valence-corrected chi connectivity index (χ1v) is 21.5. The van der Waals surface area contributed by atoms with Crippen LogP contribution in [0.2, 0.25) is 0 Å². The third-order valence-corrected chi connectivity index (χ3v) is 9.95. The molecule has 0 radical (unpaired) electrons. The maximum Gasteiger partial charge on any atom is 0.306 e. The fourth-order valence-electron chi connectivity index (χ4n) is 6.71. The predicted octanol–water partition coefficient (Wildman–Crippen LogP) is 13.5. The zero-order valence-corrected chi connectivity index (χ0v) is 32.9. The Kier molecular flexibility index (Phi) is 36.3. The van der Waals surface area contributed by atoms with Crippen LogP contribution in [-0.2, 0) is 19.1 Å². The number of esters is 2. The Morgan fingerprint density at radius 1 is 0.375 bits per heavy atom. The van der Waals surface area contributed by atoms with Crippen LogP contribution >= 0.6 is 0 Å². The van der Waals surface area contributed by atoms with Crippen LogP contribution in [0, 0.1) is 0 Å². The summed E-state index contributed by atoms with van der Waals surface area (Å²) in [6.07, 6.45) is 37.2. The van der Waals surface area contributed by atoms with E-state index >= 15 is 0 Å². The molecule has 0 heterocycles. The largest absolute Gasteiger partial charge is 0.462 e. The summed E-state index contributed by atoms with van der Waals surface area (Å²) >= 11 is 0. The lowest BCUT2D eigenvalue weighted by molar-refractivity contribution is -0.151. The predicted molar refractivity (Wildman–Crippen MR) is 205 cm³/mol. The van der Waals surface area contributed by atoms with Gasteiger partial charge < -0.3 is 14.6 Å². The van der Waals surface area contributed by atoms with Crippen LogP contribution in [0.15, 0.2) is 0 Å². The van der Waals surface area contributed by atoms with Crippen LogP contribution in [0.25, 0.3) is 0 Å². The van der Waals surface area contributed by atoms with E-state index in [-0.39, 0.29) is 30.3 Å². The van der Waals surface area contributed by atoms with Gasteiger partial charge in [0.2, 0.25) is 0 Å². The van der Waals surface area contributed by atoms with Gasteiger partial charge in [-0.3, -0.25) is 9.59 Å². The summed E-state index contributed by atoms with van der Waals surface area (Å²) in [7, 11) is 0. The minimum atomic E-state index is -0.201. The van der Waals surface area contributed by atoms with Crippen molar-refractivity contribution in [1.29, 1.82) is 0 Å². The number of aliphatic hydroxyl groups is 1. The summed E-state index contributed by atoms with van der Waals surface area (Å²) in [5, 5.41) is 10.4. The number of aliphatic hydroxyl groups excluding tert-OH is 1. The molecule has 0 unspecified atom stereocenters. The molecule has 0 spiro atoms. The fraction of sp³-hybridized carbons (Fsp3) is 0.953. The Balaban J connectivity index is 3.87. The van der Waals surface area contributed by atoms with Crippen LogP contribution in [0.5, 0.6) is 0 Å². The molecule has 0 aromatic carbocycles. The fourth-order valence-corrected chi connectivity index (χ4v) is 6.71. The molecule has 0 aromatic rings. The average Bonchev–Trinajstić information content (AvgIpc) is 3.07. The molecule has 0 rings (SSSR count). The Morgan fingerprint density at radius 2 is 0.625 bits per heavy atom. The van der Waals surface area contributed by atoms with E-state index in [2.05, 4.69) is 27.7 Å². The molecule has 0 saturated carbocycles. The summed E-state index contributed by atoms with van der Waals surface area (Å²) in [5.41, 5.74) is 0. The maximum absolute atomic E-state index is 12.5. The molecule has 0 bridgehead atoms. The van der Waals surface area contributed by atoms with Gasteiger partial charge in [0, 0.05) is 12.8 Å². The highest BCUT2D eigenvalue weighted by Crippen LogP contribution is 2.19. The van der Waals surface area contributed by atoms with Gasteiger partial charge in [-0.2, -0.15) is 0 Å². The monoisotopic (exact) mass is 681 g/mol. The minimum absolute atomic E-state index is 0.00342. The molecule has 0 amide bonds. The smallest absolute Gasteiger partial charge is 0.306 e. The van der Waals surface area contributed by atoms with E-state index in [4.69, 9.17) is 9.47 Å². The van der Waals surface area contributed by atoms with Crippen molar-refractivity contribution in [2.45, 2.75) is 264 Å². The second-order valence-electron chi connectivity index (χ2n) is 14.9. The van der Waals surface area contributed by atoms with E-state index in [9.17, 15) is 14.7 Å². The highest BCUT2D eigenvalue weighted by molar-refractivity contribution is 5.69. The molecule has 1 N–H and O–H groups in total. The second kappa shape index (κ2) is 37.2. The number of carbonyl (C=O) groups excluding carboxylic acids is 2. The number of hydrogen-bond acceptors (Lipinski definition) is 5. The van der Waals surface area contributed by atoms with Crippen LogP contribution in [0.1, 0.15) is 246 Å². The first-order valence-electron chi connectivity index (χ1n) is 21.5. The first-order chi connectivity index (χ1) is 23.5. The van der Waals surface area contributed by atoms with Crippen LogP contribution in [0.4, 0.5) is 0 Å². The molecule has 5 nitrogen and oxygen atoms in total. The zero-order valence-electron chi connectivity index (χ0n) is 32.9. The van der Waals surface area contributed by atoms with Crippen molar-refractivity contribution < 1.29 is 24.2 Å². The van der Waals surface area contributed by atoms with Gasteiger partial charge in [0.1, 0.15) is 12.2 Å². The lowest BCUT2D eigenvalue weighted by Gasteiger charge is -2.18. The average molecular weight is 681 g/mol. The van der Waals surface area contributed by atoms with Gasteiger partial charge in [-0.25, -0.2) is 0 Å². The third kappa shape index (κ3) is 33.4. The molecule has 0 fully saturated rings. The van der Waals surface area contributed by atoms with Crippen molar-refractivity contribution in [2.75, 3.05) is 0 Å². The molecular formula is C43H84O5. The Labute approximate surface area is 299 Å². The molecule has 286 valence electrons. The maximum atomic E-state index is 12.5. The summed E-state index contributed by atoms with van der Waals surface area (Å²) in [6.45, 7) is 8.94. The first kappa shape index (κ1) is 46.9. The summed E-state index contributed by atoms with van der Waals surface area (Å²) in [5.74, 6) is -0.00683. The Morgan fingerprint density at radius 3 is 0.938 bits per heavy atom. The topological polar surface area (TPSA) is 72.8 Å². The van der Waals surface area contributed by atoms with Crippen LogP contribution < -0.4 is 0 Å². The quantitative estimate of drug-likeness (QED) is 0.0519. The number of hydrogen-bond donors (Lipinski definition) is 1. The SMILES string of the molecule is CCCCCCC(CCCCCC)OC(=O)CCCCCCCC(O)CCCCCCCC(=O)OC(CCCCCC)CCCCCC. The van der Waals surface area contributed by atoms with Crippen molar-refractivity contribution in [3.8, 4) is 0 Å². The lowest BCUT2D eigenvalue weighted by Crippen LogP contribution is -2.18. The normalized spacial score (nSPS) is 11.7. The van der Waals surface area contributed by atoms with Gasteiger partial charge >= 0.3 is 11.9 Å². The van der Waals surface area contributed by atoms with Crippen molar-refractivity contribution in [2.24, 2.45) is 0 Å². The molecule has 0 saturated heterocycles. The molecule has 0 aromatic heterocycles. The number of unbranched alkanes of at least 4 members (excludes halogenated alkanes) is 20. The standard InChI is InChI=1S/C43H84O5/c1-5-9-13-25-33-40(34-26-14-10-6-2)47-42(45)37-29-21-17-19-23-31-39(44)32-24-20-18-22-30-38-43(46)48-41(35-27-15-11-7-3)36-28-16-12-8-4/h39-41,44H,5-38H2,1-4H3. The van der Waals surface area contributed by atoms with Crippen LogP contribution in [0.3, 0.4) is 0 Å². The van der Waals surface area contributed by atoms with Crippen LogP contribution in [-0.4, -0.2) is 35.4 Å². The summed E-state index contributed by atoms with van der Waals surface area (Å²) < 4.78 is 11.8. The van der Waals surface area contributed by atoms with Gasteiger partial charge in [-0.05, 0) is 77.0 Å². The molecule has 48 heavy (non-hydrogen) atoms.